The number of hydrogen-bond donors (Lipinski definition) is 2. The molecule has 106 valence electrons. The van der Waals surface area contributed by atoms with Crippen LogP contribution in [0.2, 0.25) is 0 Å². The van der Waals surface area contributed by atoms with Crippen molar-refractivity contribution in [2.24, 2.45) is 0 Å². The Morgan fingerprint density at radius 1 is 0.550 bits per heavy atom. The monoisotopic (exact) mass is 268 g/mol. The van der Waals surface area contributed by atoms with Gasteiger partial charge in [0.1, 0.15) is 0 Å². The zero-order valence-electron chi connectivity index (χ0n) is 12.0. The van der Waals surface area contributed by atoms with E-state index in [1.165, 1.54) is 36.8 Å². The highest BCUT2D eigenvalue weighted by molar-refractivity contribution is 5.46. The maximum Gasteiger partial charge on any atom is 0.0346 e. The van der Waals surface area contributed by atoms with Gasteiger partial charge in [-0.1, -0.05) is 49.2 Å². The number of unbranched alkanes of at least 4 members (excludes halogenated alkanes) is 3. The van der Waals surface area contributed by atoms with E-state index in [-0.39, 0.29) is 0 Å². The summed E-state index contributed by atoms with van der Waals surface area (Å²) in [5.41, 5.74) is 16.3. The van der Waals surface area contributed by atoms with E-state index in [0.717, 1.165) is 24.2 Å². The quantitative estimate of drug-likeness (QED) is 0.584. The molecule has 0 aliphatic rings. The third kappa shape index (κ3) is 4.30. The number of anilines is 2. The summed E-state index contributed by atoms with van der Waals surface area (Å²) in [5.74, 6) is 0. The van der Waals surface area contributed by atoms with Crippen molar-refractivity contribution in [2.45, 2.75) is 38.5 Å². The topological polar surface area (TPSA) is 52.0 Å². The van der Waals surface area contributed by atoms with Crippen molar-refractivity contribution in [1.29, 1.82) is 0 Å². The lowest BCUT2D eigenvalue weighted by molar-refractivity contribution is 0.641. The van der Waals surface area contributed by atoms with Crippen molar-refractivity contribution < 1.29 is 0 Å². The van der Waals surface area contributed by atoms with E-state index in [0.29, 0.717) is 0 Å². The van der Waals surface area contributed by atoms with Gasteiger partial charge in [-0.3, -0.25) is 0 Å². The Morgan fingerprint density at radius 3 is 1.35 bits per heavy atom. The number of benzene rings is 2. The summed E-state index contributed by atoms with van der Waals surface area (Å²) in [4.78, 5) is 0. The fourth-order valence-corrected chi connectivity index (χ4v) is 2.51. The van der Waals surface area contributed by atoms with E-state index < -0.39 is 0 Å². The summed E-state index contributed by atoms with van der Waals surface area (Å²) in [6, 6.07) is 16.3. The number of para-hydroxylation sites is 2. The minimum atomic E-state index is 0.921. The number of hydrogen-bond acceptors (Lipinski definition) is 2. The lowest BCUT2D eigenvalue weighted by atomic mass is 10.0. The predicted molar refractivity (Wildman–Crippen MR) is 87.6 cm³/mol. The molecule has 0 radical (unpaired) electrons. The minimum absolute atomic E-state index is 0.921. The lowest BCUT2D eigenvalue weighted by Crippen LogP contribution is -1.95. The van der Waals surface area contributed by atoms with Gasteiger partial charge in [-0.25, -0.2) is 0 Å². The van der Waals surface area contributed by atoms with Gasteiger partial charge in [0.25, 0.3) is 0 Å². The first-order valence-electron chi connectivity index (χ1n) is 7.44. The molecule has 2 rings (SSSR count). The standard InChI is InChI=1S/C18H24N2/c19-17-13-7-5-11-15(17)9-3-1-2-4-10-16-12-6-8-14-18(16)20/h5-8,11-14H,1-4,9-10,19-20H2. The molecule has 4 N–H and O–H groups in total. The van der Waals surface area contributed by atoms with E-state index in [9.17, 15) is 0 Å². The number of nitrogen functional groups attached to an aromatic ring is 2. The molecule has 0 saturated carbocycles. The first-order valence-corrected chi connectivity index (χ1v) is 7.44. The molecule has 0 aliphatic carbocycles. The smallest absolute Gasteiger partial charge is 0.0346 e. The Balaban J connectivity index is 1.63. The second kappa shape index (κ2) is 7.59. The highest BCUT2D eigenvalue weighted by atomic mass is 14.6. The van der Waals surface area contributed by atoms with Crippen molar-refractivity contribution in [3.8, 4) is 0 Å². The maximum atomic E-state index is 5.94. The molecule has 2 nitrogen and oxygen atoms in total. The van der Waals surface area contributed by atoms with E-state index in [2.05, 4.69) is 24.3 Å². The molecule has 0 fully saturated rings. The van der Waals surface area contributed by atoms with Crippen LogP contribution in [-0.2, 0) is 12.8 Å². The van der Waals surface area contributed by atoms with E-state index >= 15 is 0 Å². The Labute approximate surface area is 121 Å². The van der Waals surface area contributed by atoms with Crippen LogP contribution < -0.4 is 11.5 Å². The minimum Gasteiger partial charge on any atom is -0.399 e. The molecule has 0 atom stereocenters. The van der Waals surface area contributed by atoms with Crippen LogP contribution in [0.1, 0.15) is 36.8 Å². The van der Waals surface area contributed by atoms with Crippen LogP contribution in [-0.4, -0.2) is 0 Å². The van der Waals surface area contributed by atoms with E-state index in [1.807, 2.05) is 24.3 Å². The molecule has 20 heavy (non-hydrogen) atoms. The van der Waals surface area contributed by atoms with Gasteiger partial charge in [0.05, 0.1) is 0 Å². The van der Waals surface area contributed by atoms with Crippen molar-refractivity contribution in [3.63, 3.8) is 0 Å². The zero-order valence-corrected chi connectivity index (χ0v) is 12.0. The Bertz CT molecular complexity index is 485. The number of nitrogens with two attached hydrogens (primary N) is 2. The number of rotatable bonds is 7. The highest BCUT2D eigenvalue weighted by Crippen LogP contribution is 2.17. The summed E-state index contributed by atoms with van der Waals surface area (Å²) < 4.78 is 0. The van der Waals surface area contributed by atoms with Crippen LogP contribution in [0.25, 0.3) is 0 Å². The first-order chi connectivity index (χ1) is 9.77. The molecule has 0 bridgehead atoms. The summed E-state index contributed by atoms with van der Waals surface area (Å²) in [7, 11) is 0. The first kappa shape index (κ1) is 14.4. The Morgan fingerprint density at radius 2 is 0.950 bits per heavy atom. The third-order valence-electron chi connectivity index (χ3n) is 3.75. The Hall–Kier alpha value is -1.96. The molecule has 0 saturated heterocycles. The van der Waals surface area contributed by atoms with E-state index in [1.54, 1.807) is 0 Å². The Kier molecular flexibility index (Phi) is 5.48. The van der Waals surface area contributed by atoms with Gasteiger partial charge in [-0.15, -0.1) is 0 Å². The van der Waals surface area contributed by atoms with Gasteiger partial charge in [0.2, 0.25) is 0 Å². The van der Waals surface area contributed by atoms with Gasteiger partial charge in [0.15, 0.2) is 0 Å². The van der Waals surface area contributed by atoms with Crippen LogP contribution in [0.3, 0.4) is 0 Å². The van der Waals surface area contributed by atoms with Crippen LogP contribution in [0.15, 0.2) is 48.5 Å². The summed E-state index contributed by atoms with van der Waals surface area (Å²) >= 11 is 0. The molecular formula is C18H24N2. The largest absolute Gasteiger partial charge is 0.399 e. The summed E-state index contributed by atoms with van der Waals surface area (Å²) in [5, 5.41) is 0. The lowest BCUT2D eigenvalue weighted by Gasteiger charge is -2.06. The fraction of sp³-hybridized carbons (Fsp3) is 0.333. The molecule has 0 unspecified atom stereocenters. The van der Waals surface area contributed by atoms with E-state index in [4.69, 9.17) is 11.5 Å². The molecule has 2 aromatic rings. The van der Waals surface area contributed by atoms with Gasteiger partial charge in [0, 0.05) is 11.4 Å². The molecule has 0 heterocycles. The molecule has 0 aliphatic heterocycles. The fourth-order valence-electron chi connectivity index (χ4n) is 2.51. The summed E-state index contributed by atoms with van der Waals surface area (Å²) in [6.07, 6.45) is 7.08. The molecule has 2 heteroatoms. The van der Waals surface area contributed by atoms with Crippen LogP contribution >= 0.6 is 0 Å². The normalized spacial score (nSPS) is 10.6. The molecular weight excluding hydrogens is 244 g/mol. The SMILES string of the molecule is Nc1ccccc1CCCCCCc1ccccc1N. The zero-order chi connectivity index (χ0) is 14.2. The third-order valence-corrected chi connectivity index (χ3v) is 3.75. The highest BCUT2D eigenvalue weighted by Gasteiger charge is 1.99. The van der Waals surface area contributed by atoms with Gasteiger partial charge >= 0.3 is 0 Å². The van der Waals surface area contributed by atoms with Crippen molar-refractivity contribution in [3.05, 3.63) is 59.7 Å². The van der Waals surface area contributed by atoms with Crippen molar-refractivity contribution in [1.82, 2.24) is 0 Å². The average Bonchev–Trinajstić information content (AvgIpc) is 2.46. The molecule has 0 amide bonds. The second-order valence-corrected chi connectivity index (χ2v) is 5.31. The van der Waals surface area contributed by atoms with Gasteiger partial charge in [-0.05, 0) is 48.9 Å². The average molecular weight is 268 g/mol. The van der Waals surface area contributed by atoms with Crippen LogP contribution in [0.4, 0.5) is 11.4 Å². The second-order valence-electron chi connectivity index (χ2n) is 5.31. The molecule has 2 aromatic carbocycles. The number of aryl methyl sites for hydroxylation is 2. The van der Waals surface area contributed by atoms with Crippen molar-refractivity contribution in [2.75, 3.05) is 11.5 Å². The summed E-state index contributed by atoms with van der Waals surface area (Å²) in [6.45, 7) is 0. The van der Waals surface area contributed by atoms with Gasteiger partial charge in [-0.2, -0.15) is 0 Å². The predicted octanol–water partition coefficient (Wildman–Crippen LogP) is 4.20. The molecule has 0 aromatic heterocycles. The van der Waals surface area contributed by atoms with Crippen LogP contribution in [0.5, 0.6) is 0 Å². The molecule has 0 spiro atoms. The van der Waals surface area contributed by atoms with Gasteiger partial charge < -0.3 is 11.5 Å². The van der Waals surface area contributed by atoms with Crippen molar-refractivity contribution >= 4 is 11.4 Å². The van der Waals surface area contributed by atoms with Crippen LogP contribution in [0, 0.1) is 0 Å². The maximum absolute atomic E-state index is 5.94.